The molecule has 0 heterocycles. The van der Waals surface area contributed by atoms with Crippen molar-refractivity contribution in [1.29, 1.82) is 0 Å². The van der Waals surface area contributed by atoms with Crippen LogP contribution in [0.4, 0.5) is 0 Å². The van der Waals surface area contributed by atoms with Gasteiger partial charge in [0.25, 0.3) is 0 Å². The molecule has 1 aromatic rings. The Balaban J connectivity index is 2.59. The number of benzene rings is 1. The van der Waals surface area contributed by atoms with E-state index in [4.69, 9.17) is 28.3 Å². The average Bonchev–Trinajstić information content (AvgIpc) is 2.37. The third kappa shape index (κ3) is 4.43. The fourth-order valence-corrected chi connectivity index (χ4v) is 2.41. The molecular weight excluding hydrogens is 269 g/mol. The summed E-state index contributed by atoms with van der Waals surface area (Å²) in [5.74, 6) is 0.496. The molecule has 0 aliphatic heterocycles. The van der Waals surface area contributed by atoms with Gasteiger partial charge >= 0.3 is 0 Å². The number of aliphatic hydroxyl groups excluding tert-OH is 1. The minimum absolute atomic E-state index is 0.156. The van der Waals surface area contributed by atoms with Crippen molar-refractivity contribution in [2.75, 3.05) is 13.2 Å². The van der Waals surface area contributed by atoms with Crippen molar-refractivity contribution in [3.8, 4) is 0 Å². The molecule has 4 heteroatoms. The number of aliphatic hydroxyl groups is 1. The number of nitrogens with one attached hydrogen (secondary N) is 1. The molecule has 2 unspecified atom stereocenters. The van der Waals surface area contributed by atoms with E-state index in [0.717, 1.165) is 24.9 Å². The third-order valence-corrected chi connectivity index (χ3v) is 4.11. The second-order valence-electron chi connectivity index (χ2n) is 4.56. The van der Waals surface area contributed by atoms with Crippen molar-refractivity contribution in [3.63, 3.8) is 0 Å². The maximum Gasteiger partial charge on any atom is 0.0639 e. The highest BCUT2D eigenvalue weighted by molar-refractivity contribution is 6.42. The highest BCUT2D eigenvalue weighted by atomic mass is 35.5. The van der Waals surface area contributed by atoms with Crippen LogP contribution in [0.5, 0.6) is 0 Å². The topological polar surface area (TPSA) is 32.3 Å². The maximum absolute atomic E-state index is 8.96. The SMILES string of the molecule is CCC(CCO)CNC(C)c1cccc(Cl)c1Cl. The normalized spacial score (nSPS) is 14.5. The average molecular weight is 290 g/mol. The van der Waals surface area contributed by atoms with Crippen LogP contribution in [-0.4, -0.2) is 18.3 Å². The van der Waals surface area contributed by atoms with Gasteiger partial charge < -0.3 is 10.4 Å². The Morgan fingerprint density at radius 2 is 2.06 bits per heavy atom. The number of hydrogen-bond donors (Lipinski definition) is 2. The Hall–Kier alpha value is -0.280. The molecule has 18 heavy (non-hydrogen) atoms. The summed E-state index contributed by atoms with van der Waals surface area (Å²) < 4.78 is 0. The molecule has 1 aromatic carbocycles. The van der Waals surface area contributed by atoms with E-state index in [0.29, 0.717) is 16.0 Å². The molecular formula is C14H21Cl2NO. The second-order valence-corrected chi connectivity index (χ2v) is 5.34. The van der Waals surface area contributed by atoms with E-state index in [9.17, 15) is 0 Å². The van der Waals surface area contributed by atoms with Crippen molar-refractivity contribution >= 4 is 23.2 Å². The largest absolute Gasteiger partial charge is 0.396 e. The van der Waals surface area contributed by atoms with Gasteiger partial charge in [0.05, 0.1) is 10.0 Å². The monoisotopic (exact) mass is 289 g/mol. The highest BCUT2D eigenvalue weighted by Crippen LogP contribution is 2.29. The van der Waals surface area contributed by atoms with Crippen LogP contribution in [0.1, 0.15) is 38.3 Å². The van der Waals surface area contributed by atoms with Crippen LogP contribution in [0.2, 0.25) is 10.0 Å². The van der Waals surface area contributed by atoms with Crippen molar-refractivity contribution in [3.05, 3.63) is 33.8 Å². The predicted octanol–water partition coefficient (Wildman–Crippen LogP) is 4.05. The minimum atomic E-state index is 0.156. The second kappa shape index (κ2) is 8.00. The summed E-state index contributed by atoms with van der Waals surface area (Å²) in [5.41, 5.74) is 1.02. The van der Waals surface area contributed by atoms with Crippen LogP contribution in [-0.2, 0) is 0 Å². The summed E-state index contributed by atoms with van der Waals surface area (Å²) in [6, 6.07) is 5.84. The lowest BCUT2D eigenvalue weighted by molar-refractivity contribution is 0.249. The molecule has 1 rings (SSSR count). The standard InChI is InChI=1S/C14H21Cl2NO/c1-3-11(7-8-18)9-17-10(2)12-5-4-6-13(15)14(12)16/h4-6,10-11,17-18H,3,7-9H2,1-2H3. The molecule has 0 aromatic heterocycles. The van der Waals surface area contributed by atoms with Gasteiger partial charge in [-0.3, -0.25) is 0 Å². The zero-order valence-electron chi connectivity index (χ0n) is 10.9. The van der Waals surface area contributed by atoms with E-state index in [1.165, 1.54) is 0 Å². The van der Waals surface area contributed by atoms with Gasteiger partial charge in [-0.15, -0.1) is 0 Å². The van der Waals surface area contributed by atoms with Gasteiger partial charge in [-0.2, -0.15) is 0 Å². The molecule has 0 saturated carbocycles. The number of halogens is 2. The van der Waals surface area contributed by atoms with Gasteiger partial charge in [0, 0.05) is 12.6 Å². The Morgan fingerprint density at radius 3 is 2.67 bits per heavy atom. The lowest BCUT2D eigenvalue weighted by Gasteiger charge is -2.20. The van der Waals surface area contributed by atoms with Crippen molar-refractivity contribution < 1.29 is 5.11 Å². The summed E-state index contributed by atoms with van der Waals surface area (Å²) in [5, 5.41) is 13.6. The Bertz CT molecular complexity index is 371. The quantitative estimate of drug-likeness (QED) is 0.794. The summed E-state index contributed by atoms with van der Waals surface area (Å²) in [7, 11) is 0. The molecule has 2 nitrogen and oxygen atoms in total. The summed E-state index contributed by atoms with van der Waals surface area (Å²) >= 11 is 12.2. The van der Waals surface area contributed by atoms with Gasteiger partial charge in [-0.05, 0) is 37.4 Å². The van der Waals surface area contributed by atoms with Crippen LogP contribution in [0.15, 0.2) is 18.2 Å². The molecule has 2 atom stereocenters. The molecule has 2 N–H and O–H groups in total. The first-order valence-corrected chi connectivity index (χ1v) is 7.13. The van der Waals surface area contributed by atoms with Gasteiger partial charge in [-0.1, -0.05) is 48.7 Å². The van der Waals surface area contributed by atoms with E-state index in [2.05, 4.69) is 19.2 Å². The highest BCUT2D eigenvalue weighted by Gasteiger charge is 2.13. The molecule has 0 amide bonds. The smallest absolute Gasteiger partial charge is 0.0639 e. The van der Waals surface area contributed by atoms with Crippen LogP contribution in [0.25, 0.3) is 0 Å². The first kappa shape index (κ1) is 15.8. The molecule has 0 bridgehead atoms. The zero-order chi connectivity index (χ0) is 13.5. The molecule has 0 aliphatic rings. The molecule has 102 valence electrons. The minimum Gasteiger partial charge on any atom is -0.396 e. The van der Waals surface area contributed by atoms with Crippen molar-refractivity contribution in [2.45, 2.75) is 32.7 Å². The van der Waals surface area contributed by atoms with E-state index < -0.39 is 0 Å². The number of hydrogen-bond acceptors (Lipinski definition) is 2. The van der Waals surface area contributed by atoms with Gasteiger partial charge in [-0.25, -0.2) is 0 Å². The molecule has 0 saturated heterocycles. The molecule has 0 spiro atoms. The molecule has 0 radical (unpaired) electrons. The number of rotatable bonds is 7. The van der Waals surface area contributed by atoms with Crippen LogP contribution < -0.4 is 5.32 Å². The zero-order valence-corrected chi connectivity index (χ0v) is 12.4. The first-order valence-electron chi connectivity index (χ1n) is 6.38. The van der Waals surface area contributed by atoms with Crippen LogP contribution in [0, 0.1) is 5.92 Å². The predicted molar refractivity (Wildman–Crippen MR) is 78.4 cm³/mol. The van der Waals surface area contributed by atoms with Crippen LogP contribution >= 0.6 is 23.2 Å². The molecule has 0 aliphatic carbocycles. The molecule has 0 fully saturated rings. The van der Waals surface area contributed by atoms with E-state index >= 15 is 0 Å². The van der Waals surface area contributed by atoms with Crippen molar-refractivity contribution in [2.24, 2.45) is 5.92 Å². The first-order chi connectivity index (χ1) is 8.60. The van der Waals surface area contributed by atoms with Crippen molar-refractivity contribution in [1.82, 2.24) is 5.32 Å². The van der Waals surface area contributed by atoms with E-state index in [1.54, 1.807) is 6.07 Å². The Morgan fingerprint density at radius 1 is 1.33 bits per heavy atom. The summed E-state index contributed by atoms with van der Waals surface area (Å²) in [6.07, 6.45) is 1.89. The lowest BCUT2D eigenvalue weighted by atomic mass is 10.0. The van der Waals surface area contributed by atoms with Gasteiger partial charge in [0.15, 0.2) is 0 Å². The maximum atomic E-state index is 8.96. The Kier molecular flexibility index (Phi) is 7.02. The lowest BCUT2D eigenvalue weighted by Crippen LogP contribution is -2.26. The van der Waals surface area contributed by atoms with E-state index in [-0.39, 0.29) is 12.6 Å². The van der Waals surface area contributed by atoms with E-state index in [1.807, 2.05) is 12.1 Å². The van der Waals surface area contributed by atoms with Gasteiger partial charge in [0.1, 0.15) is 0 Å². The van der Waals surface area contributed by atoms with Gasteiger partial charge in [0.2, 0.25) is 0 Å². The fraction of sp³-hybridized carbons (Fsp3) is 0.571. The summed E-state index contributed by atoms with van der Waals surface area (Å²) in [4.78, 5) is 0. The summed E-state index contributed by atoms with van der Waals surface area (Å²) in [6.45, 7) is 5.33. The third-order valence-electron chi connectivity index (χ3n) is 3.28. The van der Waals surface area contributed by atoms with Crippen LogP contribution in [0.3, 0.4) is 0 Å². The Labute approximate surface area is 119 Å². The fourth-order valence-electron chi connectivity index (χ4n) is 1.94.